The van der Waals surface area contributed by atoms with E-state index in [9.17, 15) is 13.6 Å². The van der Waals surface area contributed by atoms with Crippen LogP contribution in [-0.4, -0.2) is 29.9 Å². The van der Waals surface area contributed by atoms with Crippen LogP contribution in [0.25, 0.3) is 0 Å². The summed E-state index contributed by atoms with van der Waals surface area (Å²) in [6.07, 6.45) is -0.0830. The molecule has 0 aromatic heterocycles. The second-order valence-electron chi connectivity index (χ2n) is 5.89. The molecule has 1 saturated heterocycles. The summed E-state index contributed by atoms with van der Waals surface area (Å²) in [5, 5.41) is 0. The zero-order chi connectivity index (χ0) is 16.4. The third kappa shape index (κ3) is 3.91. The van der Waals surface area contributed by atoms with Crippen molar-refractivity contribution in [1.29, 1.82) is 0 Å². The summed E-state index contributed by atoms with van der Waals surface area (Å²) in [7, 11) is 0. The molecule has 2 atom stereocenters. The highest BCUT2D eigenvalue weighted by Gasteiger charge is 2.33. The predicted octanol–water partition coefficient (Wildman–Crippen LogP) is 2.88. The van der Waals surface area contributed by atoms with Crippen LogP contribution in [0.3, 0.4) is 0 Å². The van der Waals surface area contributed by atoms with Gasteiger partial charge in [-0.05, 0) is 17.2 Å². The average Bonchev–Trinajstić information content (AvgIpc) is 2.93. The van der Waals surface area contributed by atoms with E-state index in [2.05, 4.69) is 0 Å². The number of hydrogen-bond donors (Lipinski definition) is 1. The standard InChI is InChI=1S/C18H18F2N2O.ClH/c19-14-7-6-13(16(20)9-14)8-18(23)22-10-15(17(21)11-22)12-4-2-1-3-5-12;/h1-7,9,15,17H,8,10-11,21H2;1H/t15-,17+;/m0./s1. The Morgan fingerprint density at radius 1 is 1.12 bits per heavy atom. The summed E-state index contributed by atoms with van der Waals surface area (Å²) >= 11 is 0. The Balaban J connectivity index is 0.00000208. The van der Waals surface area contributed by atoms with Crippen molar-refractivity contribution < 1.29 is 13.6 Å². The summed E-state index contributed by atoms with van der Waals surface area (Å²) < 4.78 is 26.6. The van der Waals surface area contributed by atoms with Crippen molar-refractivity contribution in [2.75, 3.05) is 13.1 Å². The number of likely N-dealkylation sites (tertiary alicyclic amines) is 1. The van der Waals surface area contributed by atoms with Crippen LogP contribution in [-0.2, 0) is 11.2 Å². The fourth-order valence-corrected chi connectivity index (χ4v) is 3.03. The summed E-state index contributed by atoms with van der Waals surface area (Å²) in [5.74, 6) is -1.45. The predicted molar refractivity (Wildman–Crippen MR) is 91.0 cm³/mol. The molecule has 1 heterocycles. The van der Waals surface area contributed by atoms with Crippen LogP contribution < -0.4 is 5.73 Å². The van der Waals surface area contributed by atoms with E-state index in [0.29, 0.717) is 13.1 Å². The van der Waals surface area contributed by atoms with E-state index in [1.165, 1.54) is 6.07 Å². The van der Waals surface area contributed by atoms with Gasteiger partial charge >= 0.3 is 0 Å². The van der Waals surface area contributed by atoms with E-state index in [4.69, 9.17) is 5.73 Å². The molecule has 2 aromatic carbocycles. The topological polar surface area (TPSA) is 46.3 Å². The van der Waals surface area contributed by atoms with Gasteiger partial charge in [-0.15, -0.1) is 12.4 Å². The lowest BCUT2D eigenvalue weighted by atomic mass is 9.95. The maximum atomic E-state index is 13.7. The van der Waals surface area contributed by atoms with Crippen LogP contribution in [0.1, 0.15) is 17.0 Å². The van der Waals surface area contributed by atoms with Gasteiger partial charge in [-0.3, -0.25) is 4.79 Å². The number of nitrogens with two attached hydrogens (primary N) is 1. The third-order valence-electron chi connectivity index (χ3n) is 4.30. The van der Waals surface area contributed by atoms with E-state index >= 15 is 0 Å². The van der Waals surface area contributed by atoms with Gasteiger partial charge in [-0.25, -0.2) is 8.78 Å². The lowest BCUT2D eigenvalue weighted by molar-refractivity contribution is -0.129. The van der Waals surface area contributed by atoms with Gasteiger partial charge in [-0.1, -0.05) is 36.4 Å². The third-order valence-corrected chi connectivity index (χ3v) is 4.30. The molecule has 2 N–H and O–H groups in total. The Morgan fingerprint density at radius 3 is 2.50 bits per heavy atom. The quantitative estimate of drug-likeness (QED) is 0.923. The SMILES string of the molecule is Cl.N[C@@H]1CN(C(=O)Cc2ccc(F)cc2F)C[C@H]1c1ccccc1. The normalized spacial score (nSPS) is 19.9. The summed E-state index contributed by atoms with van der Waals surface area (Å²) in [6.45, 7) is 0.966. The first-order valence-electron chi connectivity index (χ1n) is 7.57. The zero-order valence-electron chi connectivity index (χ0n) is 13.0. The highest BCUT2D eigenvalue weighted by molar-refractivity contribution is 5.85. The van der Waals surface area contributed by atoms with Gasteiger partial charge in [0.15, 0.2) is 0 Å². The minimum Gasteiger partial charge on any atom is -0.340 e. The van der Waals surface area contributed by atoms with Crippen molar-refractivity contribution >= 4 is 18.3 Å². The van der Waals surface area contributed by atoms with E-state index in [1.807, 2.05) is 30.3 Å². The van der Waals surface area contributed by atoms with Gasteiger partial charge in [0.1, 0.15) is 11.6 Å². The number of hydrogen-bond acceptors (Lipinski definition) is 2. The fourth-order valence-electron chi connectivity index (χ4n) is 3.03. The second kappa shape index (κ2) is 7.73. The molecule has 1 fully saturated rings. The van der Waals surface area contributed by atoms with Gasteiger partial charge in [0.2, 0.25) is 5.91 Å². The minimum atomic E-state index is -0.693. The fraction of sp³-hybridized carbons (Fsp3) is 0.278. The van der Waals surface area contributed by atoms with E-state index in [1.54, 1.807) is 4.90 Å². The monoisotopic (exact) mass is 352 g/mol. The molecule has 24 heavy (non-hydrogen) atoms. The smallest absolute Gasteiger partial charge is 0.227 e. The average molecular weight is 353 g/mol. The van der Waals surface area contributed by atoms with Crippen LogP contribution in [0.4, 0.5) is 8.78 Å². The molecule has 0 radical (unpaired) electrons. The van der Waals surface area contributed by atoms with Crippen LogP contribution >= 0.6 is 12.4 Å². The molecule has 0 bridgehead atoms. The van der Waals surface area contributed by atoms with Gasteiger partial charge < -0.3 is 10.6 Å². The van der Waals surface area contributed by atoms with Crippen molar-refractivity contribution in [3.8, 4) is 0 Å². The van der Waals surface area contributed by atoms with Crippen molar-refractivity contribution in [1.82, 2.24) is 4.90 Å². The number of carbonyl (C=O) groups excluding carboxylic acids is 1. The first kappa shape index (κ1) is 18.4. The molecule has 128 valence electrons. The van der Waals surface area contributed by atoms with E-state index in [-0.39, 0.29) is 42.3 Å². The number of carbonyl (C=O) groups is 1. The highest BCUT2D eigenvalue weighted by Crippen LogP contribution is 2.27. The molecule has 3 nitrogen and oxygen atoms in total. The summed E-state index contributed by atoms with van der Waals surface area (Å²) in [6, 6.07) is 13.0. The Kier molecular flexibility index (Phi) is 5.91. The molecule has 0 unspecified atom stereocenters. The van der Waals surface area contributed by atoms with E-state index in [0.717, 1.165) is 17.7 Å². The molecular formula is C18H19ClF2N2O. The number of amides is 1. The molecular weight excluding hydrogens is 334 g/mol. The molecule has 3 rings (SSSR count). The van der Waals surface area contributed by atoms with Gasteiger partial charge in [-0.2, -0.15) is 0 Å². The molecule has 1 aliphatic heterocycles. The van der Waals surface area contributed by atoms with Crippen LogP contribution in [0, 0.1) is 11.6 Å². The van der Waals surface area contributed by atoms with E-state index < -0.39 is 11.6 Å². The lowest BCUT2D eigenvalue weighted by Crippen LogP contribution is -2.33. The maximum absolute atomic E-state index is 13.7. The lowest BCUT2D eigenvalue weighted by Gasteiger charge is -2.17. The number of nitrogens with zero attached hydrogens (tertiary/aromatic N) is 1. The number of benzene rings is 2. The number of halogens is 3. The van der Waals surface area contributed by atoms with Gasteiger partial charge in [0, 0.05) is 31.1 Å². The largest absolute Gasteiger partial charge is 0.340 e. The highest BCUT2D eigenvalue weighted by atomic mass is 35.5. The molecule has 6 heteroatoms. The molecule has 1 amide bonds. The first-order chi connectivity index (χ1) is 11.0. The summed E-state index contributed by atoms with van der Waals surface area (Å²) in [5.41, 5.74) is 7.47. The molecule has 0 saturated carbocycles. The maximum Gasteiger partial charge on any atom is 0.227 e. The van der Waals surface area contributed by atoms with Crippen molar-refractivity contribution in [3.63, 3.8) is 0 Å². The Morgan fingerprint density at radius 2 is 1.83 bits per heavy atom. The number of rotatable bonds is 3. The Bertz CT molecular complexity index is 711. The van der Waals surface area contributed by atoms with Crippen molar-refractivity contribution in [3.05, 3.63) is 71.3 Å². The van der Waals surface area contributed by atoms with Gasteiger partial charge in [0.05, 0.1) is 6.42 Å². The Hall–Kier alpha value is -1.98. The van der Waals surface area contributed by atoms with Crippen LogP contribution in [0.2, 0.25) is 0 Å². The molecule has 0 spiro atoms. The second-order valence-corrected chi connectivity index (χ2v) is 5.89. The zero-order valence-corrected chi connectivity index (χ0v) is 13.8. The molecule has 2 aromatic rings. The summed E-state index contributed by atoms with van der Waals surface area (Å²) in [4.78, 5) is 14.0. The van der Waals surface area contributed by atoms with Crippen molar-refractivity contribution in [2.45, 2.75) is 18.4 Å². The van der Waals surface area contributed by atoms with Crippen molar-refractivity contribution in [2.24, 2.45) is 5.73 Å². The van der Waals surface area contributed by atoms with Crippen LogP contribution in [0.5, 0.6) is 0 Å². The molecule has 1 aliphatic rings. The molecule has 0 aliphatic carbocycles. The first-order valence-corrected chi connectivity index (χ1v) is 7.57. The minimum absolute atomic E-state index is 0. The van der Waals surface area contributed by atoms with Crippen LogP contribution in [0.15, 0.2) is 48.5 Å². The van der Waals surface area contributed by atoms with Gasteiger partial charge in [0.25, 0.3) is 0 Å². The Labute approximate surface area is 145 Å².